The number of fused-ring (bicyclic) bond motifs is 1. The highest BCUT2D eigenvalue weighted by molar-refractivity contribution is 6.18. The van der Waals surface area contributed by atoms with Gasteiger partial charge in [0.25, 0.3) is 5.56 Å². The Kier molecular flexibility index (Phi) is 2.96. The van der Waals surface area contributed by atoms with Crippen molar-refractivity contribution in [2.24, 2.45) is 0 Å². The van der Waals surface area contributed by atoms with Gasteiger partial charge in [0.2, 0.25) is 0 Å². The van der Waals surface area contributed by atoms with Gasteiger partial charge in [-0.15, -0.1) is 11.6 Å². The van der Waals surface area contributed by atoms with Crippen LogP contribution in [0.15, 0.2) is 27.8 Å². The van der Waals surface area contributed by atoms with Crippen LogP contribution in [0.4, 0.5) is 0 Å². The number of ether oxygens (including phenoxy) is 1. The van der Waals surface area contributed by atoms with Crippen LogP contribution < -0.4 is 16.0 Å². The number of hydrogen-bond acceptors (Lipinski definition) is 3. The lowest BCUT2D eigenvalue weighted by Crippen LogP contribution is -2.22. The van der Waals surface area contributed by atoms with Crippen molar-refractivity contribution >= 4 is 22.5 Å². The zero-order valence-corrected chi connectivity index (χ0v) is 9.00. The van der Waals surface area contributed by atoms with Crippen molar-refractivity contribution in [2.75, 3.05) is 12.5 Å². The summed E-state index contributed by atoms with van der Waals surface area (Å²) in [6, 6.07) is 4.96. The van der Waals surface area contributed by atoms with E-state index in [0.717, 1.165) is 0 Å². The zero-order valence-electron chi connectivity index (χ0n) is 8.25. The third-order valence-corrected chi connectivity index (χ3v) is 2.23. The average molecular weight is 241 g/mol. The van der Waals surface area contributed by atoms with E-state index in [1.807, 2.05) is 0 Å². The SMILES string of the molecule is O=c1[nH]c(=O)c2cccc(OCCCl)c2[nH]1. The lowest BCUT2D eigenvalue weighted by atomic mass is 10.2. The number of H-pyrrole nitrogens is 2. The van der Waals surface area contributed by atoms with Crippen LogP contribution in [0.5, 0.6) is 5.75 Å². The molecule has 1 aromatic carbocycles. The second-order valence-electron chi connectivity index (χ2n) is 3.12. The molecule has 0 aliphatic carbocycles. The van der Waals surface area contributed by atoms with Crippen LogP contribution in [-0.2, 0) is 0 Å². The molecule has 0 radical (unpaired) electrons. The van der Waals surface area contributed by atoms with E-state index < -0.39 is 11.2 Å². The highest BCUT2D eigenvalue weighted by Gasteiger charge is 2.05. The zero-order chi connectivity index (χ0) is 11.5. The molecule has 0 aliphatic rings. The summed E-state index contributed by atoms with van der Waals surface area (Å²) in [5, 5.41) is 0.381. The molecule has 2 aromatic rings. The molecule has 5 nitrogen and oxygen atoms in total. The maximum atomic E-state index is 11.5. The Morgan fingerprint density at radius 2 is 2.06 bits per heavy atom. The molecule has 0 unspecified atom stereocenters. The number of benzene rings is 1. The monoisotopic (exact) mass is 240 g/mol. The molecule has 0 saturated heterocycles. The fraction of sp³-hybridized carbons (Fsp3) is 0.200. The summed E-state index contributed by atoms with van der Waals surface area (Å²) in [6.07, 6.45) is 0. The van der Waals surface area contributed by atoms with Crippen LogP contribution in [0.3, 0.4) is 0 Å². The molecule has 1 heterocycles. The van der Waals surface area contributed by atoms with E-state index >= 15 is 0 Å². The molecule has 1 aromatic heterocycles. The van der Waals surface area contributed by atoms with E-state index in [2.05, 4.69) is 9.97 Å². The fourth-order valence-electron chi connectivity index (χ4n) is 1.43. The maximum Gasteiger partial charge on any atom is 0.326 e. The van der Waals surface area contributed by atoms with Crippen molar-refractivity contribution in [3.05, 3.63) is 39.0 Å². The van der Waals surface area contributed by atoms with E-state index in [0.29, 0.717) is 29.1 Å². The van der Waals surface area contributed by atoms with Gasteiger partial charge in [-0.05, 0) is 12.1 Å². The summed E-state index contributed by atoms with van der Waals surface area (Å²) >= 11 is 5.50. The van der Waals surface area contributed by atoms with E-state index in [1.165, 1.54) is 0 Å². The topological polar surface area (TPSA) is 74.9 Å². The normalized spacial score (nSPS) is 10.6. The summed E-state index contributed by atoms with van der Waals surface area (Å²) in [6.45, 7) is 0.315. The Morgan fingerprint density at radius 3 is 2.81 bits per heavy atom. The third-order valence-electron chi connectivity index (χ3n) is 2.07. The number of nitrogens with one attached hydrogen (secondary N) is 2. The minimum atomic E-state index is -0.556. The van der Waals surface area contributed by atoms with Crippen molar-refractivity contribution < 1.29 is 4.74 Å². The van der Waals surface area contributed by atoms with E-state index in [-0.39, 0.29) is 0 Å². The molecule has 0 spiro atoms. The second-order valence-corrected chi connectivity index (χ2v) is 3.50. The summed E-state index contributed by atoms with van der Waals surface area (Å²) in [5.41, 5.74) is -0.601. The molecule has 0 bridgehead atoms. The first kappa shape index (κ1) is 10.8. The fourth-order valence-corrected chi connectivity index (χ4v) is 1.51. The summed E-state index contributed by atoms with van der Waals surface area (Å²) < 4.78 is 5.32. The van der Waals surface area contributed by atoms with E-state index in [1.54, 1.807) is 18.2 Å². The van der Waals surface area contributed by atoms with Gasteiger partial charge in [0.15, 0.2) is 0 Å². The van der Waals surface area contributed by atoms with Crippen LogP contribution in [0, 0.1) is 0 Å². The molecule has 84 valence electrons. The molecular formula is C10H9ClN2O3. The summed E-state index contributed by atoms with van der Waals surface area (Å²) in [7, 11) is 0. The van der Waals surface area contributed by atoms with Gasteiger partial charge < -0.3 is 9.72 Å². The average Bonchev–Trinajstić information content (AvgIpc) is 2.26. The Labute approximate surface area is 95.0 Å². The smallest absolute Gasteiger partial charge is 0.326 e. The molecule has 0 amide bonds. The van der Waals surface area contributed by atoms with Gasteiger partial charge in [0.1, 0.15) is 12.4 Å². The first-order chi connectivity index (χ1) is 7.72. The second kappa shape index (κ2) is 4.40. The molecule has 6 heteroatoms. The van der Waals surface area contributed by atoms with Crippen LogP contribution in [0.25, 0.3) is 10.9 Å². The quantitative estimate of drug-likeness (QED) is 0.781. The lowest BCUT2D eigenvalue weighted by Gasteiger charge is -2.06. The van der Waals surface area contributed by atoms with E-state index in [9.17, 15) is 9.59 Å². The Morgan fingerprint density at radius 1 is 1.25 bits per heavy atom. The number of rotatable bonds is 3. The van der Waals surface area contributed by atoms with Crippen LogP contribution >= 0.6 is 11.6 Å². The highest BCUT2D eigenvalue weighted by atomic mass is 35.5. The van der Waals surface area contributed by atoms with Gasteiger partial charge in [-0.2, -0.15) is 0 Å². The van der Waals surface area contributed by atoms with E-state index in [4.69, 9.17) is 16.3 Å². The van der Waals surface area contributed by atoms with Gasteiger partial charge in [-0.25, -0.2) is 4.79 Å². The highest BCUT2D eigenvalue weighted by Crippen LogP contribution is 2.19. The van der Waals surface area contributed by atoms with Gasteiger partial charge in [0.05, 0.1) is 16.8 Å². The first-order valence-corrected chi connectivity index (χ1v) is 5.20. The predicted octanol–water partition coefficient (Wildman–Crippen LogP) is 0.834. The van der Waals surface area contributed by atoms with Gasteiger partial charge in [0, 0.05) is 0 Å². The summed E-state index contributed by atoms with van der Waals surface area (Å²) in [4.78, 5) is 27.3. The van der Waals surface area contributed by atoms with Crippen LogP contribution in [0.2, 0.25) is 0 Å². The lowest BCUT2D eigenvalue weighted by molar-refractivity contribution is 0.346. The summed E-state index contributed by atoms with van der Waals surface area (Å²) in [5.74, 6) is 0.783. The van der Waals surface area contributed by atoms with Gasteiger partial charge in [-0.3, -0.25) is 9.78 Å². The minimum absolute atomic E-state index is 0.315. The van der Waals surface area contributed by atoms with Gasteiger partial charge in [-0.1, -0.05) is 6.07 Å². The molecule has 0 fully saturated rings. The minimum Gasteiger partial charge on any atom is -0.490 e. The predicted molar refractivity (Wildman–Crippen MR) is 61.4 cm³/mol. The standard InChI is InChI=1S/C10H9ClN2O3/c11-4-5-16-7-3-1-2-6-8(7)12-10(15)13-9(6)14/h1-3H,4-5H2,(H2,12,13,14,15). The number of alkyl halides is 1. The molecule has 0 atom stereocenters. The van der Waals surface area contributed by atoms with Crippen LogP contribution in [-0.4, -0.2) is 22.5 Å². The van der Waals surface area contributed by atoms with Crippen molar-refractivity contribution in [3.8, 4) is 5.75 Å². The number of aromatic nitrogens is 2. The van der Waals surface area contributed by atoms with Gasteiger partial charge >= 0.3 is 5.69 Å². The molecule has 2 N–H and O–H groups in total. The number of para-hydroxylation sites is 1. The Balaban J connectivity index is 2.67. The Hall–Kier alpha value is -1.75. The molecule has 0 aliphatic heterocycles. The maximum absolute atomic E-state index is 11.5. The molecule has 16 heavy (non-hydrogen) atoms. The van der Waals surface area contributed by atoms with Crippen LogP contribution in [0.1, 0.15) is 0 Å². The van der Waals surface area contributed by atoms with Crippen molar-refractivity contribution in [3.63, 3.8) is 0 Å². The van der Waals surface area contributed by atoms with Crippen molar-refractivity contribution in [1.29, 1.82) is 0 Å². The number of aromatic amines is 2. The van der Waals surface area contributed by atoms with Crippen molar-refractivity contribution in [1.82, 2.24) is 9.97 Å². The molecular weight excluding hydrogens is 232 g/mol. The molecule has 2 rings (SSSR count). The third kappa shape index (κ3) is 1.94. The largest absolute Gasteiger partial charge is 0.490 e. The first-order valence-electron chi connectivity index (χ1n) is 4.66. The number of halogens is 1. The number of hydrogen-bond donors (Lipinski definition) is 2. The Bertz CT molecular complexity index is 617. The molecule has 0 saturated carbocycles. The van der Waals surface area contributed by atoms with Crippen molar-refractivity contribution in [2.45, 2.75) is 0 Å².